The van der Waals surface area contributed by atoms with Gasteiger partial charge in [-0.2, -0.15) is 4.80 Å². The number of nitrogens with one attached hydrogen (secondary N) is 2. The third-order valence-corrected chi connectivity index (χ3v) is 4.11. The van der Waals surface area contributed by atoms with E-state index in [1.165, 1.54) is 16.9 Å². The standard InChI is InChI=1S/C16H21FN6O2/c17-12-5-3-11(4-6-12)16-20-22-23(21-16)9-1-2-15(25)19-13-7-8-18-10-14(13)24/h3-6,13-14,18,24H,1-2,7-10H2,(H,19,25)/t13-,14-/m1/s1. The molecule has 1 aromatic carbocycles. The van der Waals surface area contributed by atoms with E-state index in [2.05, 4.69) is 26.0 Å². The highest BCUT2D eigenvalue weighted by Gasteiger charge is 2.23. The molecule has 3 N–H and O–H groups in total. The number of amides is 1. The number of aliphatic hydroxyl groups is 1. The second-order valence-electron chi connectivity index (χ2n) is 6.05. The molecule has 0 radical (unpaired) electrons. The van der Waals surface area contributed by atoms with Gasteiger partial charge >= 0.3 is 0 Å². The summed E-state index contributed by atoms with van der Waals surface area (Å²) >= 11 is 0. The Bertz CT molecular complexity index is 705. The Morgan fingerprint density at radius 1 is 1.40 bits per heavy atom. The van der Waals surface area contributed by atoms with Crippen LogP contribution in [0, 0.1) is 5.82 Å². The van der Waals surface area contributed by atoms with Gasteiger partial charge in [0, 0.05) is 18.5 Å². The third kappa shape index (κ3) is 4.80. The van der Waals surface area contributed by atoms with E-state index in [-0.39, 0.29) is 17.8 Å². The number of aliphatic hydroxyl groups excluding tert-OH is 1. The summed E-state index contributed by atoms with van der Waals surface area (Å²) in [6.07, 6.45) is 1.06. The normalized spacial score (nSPS) is 20.4. The molecule has 134 valence electrons. The number of carbonyl (C=O) groups is 1. The molecule has 1 amide bonds. The molecule has 9 heteroatoms. The van der Waals surface area contributed by atoms with Crippen molar-refractivity contribution in [2.45, 2.75) is 38.0 Å². The van der Waals surface area contributed by atoms with Crippen LogP contribution in [0.25, 0.3) is 11.4 Å². The molecule has 1 saturated heterocycles. The summed E-state index contributed by atoms with van der Waals surface area (Å²) in [5.74, 6) is 0.00752. The fourth-order valence-electron chi connectivity index (χ4n) is 2.72. The quantitative estimate of drug-likeness (QED) is 0.684. The van der Waals surface area contributed by atoms with Gasteiger partial charge in [0.1, 0.15) is 5.82 Å². The summed E-state index contributed by atoms with van der Waals surface area (Å²) in [4.78, 5) is 13.4. The minimum absolute atomic E-state index is 0.0928. The Balaban J connectivity index is 1.44. The van der Waals surface area contributed by atoms with E-state index < -0.39 is 6.10 Å². The van der Waals surface area contributed by atoms with Crippen LogP contribution in [0.1, 0.15) is 19.3 Å². The lowest BCUT2D eigenvalue weighted by Crippen LogP contribution is -2.52. The predicted octanol–water partition coefficient (Wildman–Crippen LogP) is 0.0984. The molecule has 2 atom stereocenters. The van der Waals surface area contributed by atoms with Gasteiger partial charge in [-0.05, 0) is 48.9 Å². The molecule has 0 aliphatic carbocycles. The molecule has 3 rings (SSSR count). The summed E-state index contributed by atoms with van der Waals surface area (Å²) in [5, 5.41) is 27.9. The highest BCUT2D eigenvalue weighted by Crippen LogP contribution is 2.13. The molecule has 1 aromatic heterocycles. The molecular weight excluding hydrogens is 327 g/mol. The molecule has 0 saturated carbocycles. The first-order valence-corrected chi connectivity index (χ1v) is 8.34. The van der Waals surface area contributed by atoms with Crippen molar-refractivity contribution in [3.63, 3.8) is 0 Å². The van der Waals surface area contributed by atoms with Crippen LogP contribution in [-0.2, 0) is 11.3 Å². The monoisotopic (exact) mass is 348 g/mol. The smallest absolute Gasteiger partial charge is 0.220 e. The number of tetrazole rings is 1. The Hall–Kier alpha value is -2.39. The van der Waals surface area contributed by atoms with Crippen LogP contribution in [0.4, 0.5) is 4.39 Å². The maximum atomic E-state index is 12.9. The second-order valence-corrected chi connectivity index (χ2v) is 6.05. The van der Waals surface area contributed by atoms with Crippen LogP contribution < -0.4 is 10.6 Å². The molecular formula is C16H21FN6O2. The third-order valence-electron chi connectivity index (χ3n) is 4.11. The van der Waals surface area contributed by atoms with Crippen molar-refractivity contribution in [1.82, 2.24) is 30.8 Å². The van der Waals surface area contributed by atoms with E-state index in [1.807, 2.05) is 0 Å². The van der Waals surface area contributed by atoms with Gasteiger partial charge in [0.25, 0.3) is 0 Å². The van der Waals surface area contributed by atoms with Gasteiger partial charge in [-0.1, -0.05) is 0 Å². The lowest BCUT2D eigenvalue weighted by molar-refractivity contribution is -0.123. The van der Waals surface area contributed by atoms with Gasteiger partial charge in [0.15, 0.2) is 0 Å². The highest BCUT2D eigenvalue weighted by molar-refractivity contribution is 5.76. The van der Waals surface area contributed by atoms with Gasteiger partial charge in [0.2, 0.25) is 11.7 Å². The van der Waals surface area contributed by atoms with Crippen LogP contribution in [0.5, 0.6) is 0 Å². The maximum Gasteiger partial charge on any atom is 0.220 e. The number of hydrogen-bond acceptors (Lipinski definition) is 6. The largest absolute Gasteiger partial charge is 0.390 e. The lowest BCUT2D eigenvalue weighted by atomic mass is 10.0. The number of β-amino-alcohol motifs (C(OH)–C–C–N with tert-alkyl or cyclic N) is 1. The van der Waals surface area contributed by atoms with Crippen molar-refractivity contribution < 1.29 is 14.3 Å². The number of aryl methyl sites for hydroxylation is 1. The van der Waals surface area contributed by atoms with Gasteiger partial charge in [-0.15, -0.1) is 10.2 Å². The zero-order valence-corrected chi connectivity index (χ0v) is 13.7. The molecule has 0 spiro atoms. The van der Waals surface area contributed by atoms with E-state index >= 15 is 0 Å². The first-order valence-electron chi connectivity index (χ1n) is 8.34. The number of halogens is 1. The Morgan fingerprint density at radius 3 is 2.96 bits per heavy atom. The zero-order valence-electron chi connectivity index (χ0n) is 13.7. The number of benzene rings is 1. The first-order chi connectivity index (χ1) is 12.1. The summed E-state index contributed by atoms with van der Waals surface area (Å²) < 4.78 is 12.9. The number of aromatic nitrogens is 4. The summed E-state index contributed by atoms with van der Waals surface area (Å²) in [6, 6.07) is 5.68. The van der Waals surface area contributed by atoms with Crippen molar-refractivity contribution in [3.8, 4) is 11.4 Å². The van der Waals surface area contributed by atoms with Crippen LogP contribution in [0.3, 0.4) is 0 Å². The van der Waals surface area contributed by atoms with E-state index in [9.17, 15) is 14.3 Å². The van der Waals surface area contributed by atoms with Gasteiger partial charge in [-0.3, -0.25) is 4.79 Å². The molecule has 1 aliphatic rings. The van der Waals surface area contributed by atoms with Gasteiger partial charge in [0.05, 0.1) is 18.7 Å². The first kappa shape index (κ1) is 17.4. The Kier molecular flexibility index (Phi) is 5.67. The van der Waals surface area contributed by atoms with Gasteiger partial charge < -0.3 is 15.7 Å². The number of hydrogen-bond donors (Lipinski definition) is 3. The Labute approximate surface area is 144 Å². The zero-order chi connectivity index (χ0) is 17.6. The molecule has 0 bridgehead atoms. The molecule has 1 aliphatic heterocycles. The molecule has 2 heterocycles. The summed E-state index contributed by atoms with van der Waals surface area (Å²) in [7, 11) is 0. The summed E-state index contributed by atoms with van der Waals surface area (Å²) in [5.41, 5.74) is 0.685. The van der Waals surface area contributed by atoms with E-state index in [0.29, 0.717) is 37.3 Å². The van der Waals surface area contributed by atoms with E-state index in [1.54, 1.807) is 12.1 Å². The lowest BCUT2D eigenvalue weighted by Gasteiger charge is -2.29. The maximum absolute atomic E-state index is 12.9. The number of carbonyl (C=O) groups excluding carboxylic acids is 1. The van der Waals surface area contributed by atoms with Gasteiger partial charge in [-0.25, -0.2) is 4.39 Å². The summed E-state index contributed by atoms with van der Waals surface area (Å²) in [6.45, 7) is 1.74. The number of nitrogens with zero attached hydrogens (tertiary/aromatic N) is 4. The minimum atomic E-state index is -0.548. The topological polar surface area (TPSA) is 105 Å². The van der Waals surface area contributed by atoms with Crippen molar-refractivity contribution >= 4 is 5.91 Å². The molecule has 25 heavy (non-hydrogen) atoms. The predicted molar refractivity (Wildman–Crippen MR) is 87.9 cm³/mol. The molecule has 2 aromatic rings. The second kappa shape index (κ2) is 8.13. The average Bonchev–Trinajstić information content (AvgIpc) is 3.06. The number of piperidine rings is 1. The SMILES string of the molecule is O=C(CCCn1nnc(-c2ccc(F)cc2)n1)N[C@@H]1CCNC[C@H]1O. The Morgan fingerprint density at radius 2 is 2.20 bits per heavy atom. The van der Waals surface area contributed by atoms with Crippen molar-refractivity contribution in [2.24, 2.45) is 0 Å². The molecule has 1 fully saturated rings. The van der Waals surface area contributed by atoms with E-state index in [4.69, 9.17) is 0 Å². The van der Waals surface area contributed by atoms with Crippen molar-refractivity contribution in [2.75, 3.05) is 13.1 Å². The van der Waals surface area contributed by atoms with Crippen LogP contribution in [0.2, 0.25) is 0 Å². The van der Waals surface area contributed by atoms with Crippen LogP contribution >= 0.6 is 0 Å². The average molecular weight is 348 g/mol. The minimum Gasteiger partial charge on any atom is -0.390 e. The number of rotatable bonds is 6. The van der Waals surface area contributed by atoms with Crippen molar-refractivity contribution in [1.29, 1.82) is 0 Å². The van der Waals surface area contributed by atoms with E-state index in [0.717, 1.165) is 13.0 Å². The van der Waals surface area contributed by atoms with Crippen LogP contribution in [0.15, 0.2) is 24.3 Å². The highest BCUT2D eigenvalue weighted by atomic mass is 19.1. The van der Waals surface area contributed by atoms with Crippen LogP contribution in [-0.4, -0.2) is 56.5 Å². The molecule has 8 nitrogen and oxygen atoms in total. The fourth-order valence-corrected chi connectivity index (χ4v) is 2.72. The molecule has 0 unspecified atom stereocenters. The van der Waals surface area contributed by atoms with Crippen molar-refractivity contribution in [3.05, 3.63) is 30.1 Å². The fraction of sp³-hybridized carbons (Fsp3) is 0.500.